The second-order valence-electron chi connectivity index (χ2n) is 6.67. The molecule has 0 atom stereocenters. The SMILES string of the molecule is Cc1cccc(NC(=O)Nc2ccccc2-n2cc(C)c3ccccc32)c1. The van der Waals surface area contributed by atoms with Gasteiger partial charge in [0, 0.05) is 17.3 Å². The number of anilines is 2. The molecule has 0 unspecified atom stereocenters. The van der Waals surface area contributed by atoms with Gasteiger partial charge >= 0.3 is 6.03 Å². The molecule has 1 aromatic heterocycles. The highest BCUT2D eigenvalue weighted by molar-refractivity contribution is 6.01. The molecule has 2 amide bonds. The second kappa shape index (κ2) is 7.00. The van der Waals surface area contributed by atoms with E-state index in [0.29, 0.717) is 0 Å². The number of hydrogen-bond acceptors (Lipinski definition) is 1. The van der Waals surface area contributed by atoms with Gasteiger partial charge in [0.25, 0.3) is 0 Å². The smallest absolute Gasteiger partial charge is 0.314 e. The number of carbonyl (C=O) groups is 1. The van der Waals surface area contributed by atoms with Crippen molar-refractivity contribution in [2.45, 2.75) is 13.8 Å². The average Bonchev–Trinajstić information content (AvgIpc) is 2.99. The number of nitrogens with zero attached hydrogens (tertiary/aromatic N) is 1. The normalized spacial score (nSPS) is 10.7. The molecule has 0 radical (unpaired) electrons. The number of para-hydroxylation sites is 3. The van der Waals surface area contributed by atoms with Crippen molar-refractivity contribution in [1.82, 2.24) is 4.57 Å². The Bertz CT molecular complexity index is 1130. The summed E-state index contributed by atoms with van der Waals surface area (Å²) in [5.41, 5.74) is 5.87. The highest BCUT2D eigenvalue weighted by atomic mass is 16.2. The Hall–Kier alpha value is -3.53. The van der Waals surface area contributed by atoms with Gasteiger partial charge in [-0.25, -0.2) is 4.79 Å². The molecule has 0 aliphatic rings. The number of amides is 2. The van der Waals surface area contributed by atoms with Crippen LogP contribution in [0.5, 0.6) is 0 Å². The largest absolute Gasteiger partial charge is 0.323 e. The summed E-state index contributed by atoms with van der Waals surface area (Å²) in [5, 5.41) is 7.08. The lowest BCUT2D eigenvalue weighted by atomic mass is 10.2. The number of carbonyl (C=O) groups excluding carboxylic acids is 1. The molecule has 0 aliphatic carbocycles. The van der Waals surface area contributed by atoms with Crippen molar-refractivity contribution in [3.05, 3.63) is 90.1 Å². The molecule has 0 aliphatic heterocycles. The van der Waals surface area contributed by atoms with E-state index in [4.69, 9.17) is 0 Å². The first-order chi connectivity index (χ1) is 13.1. The van der Waals surface area contributed by atoms with Crippen LogP contribution in [0.4, 0.5) is 16.2 Å². The van der Waals surface area contributed by atoms with Crippen molar-refractivity contribution >= 4 is 28.3 Å². The fraction of sp³-hybridized carbons (Fsp3) is 0.0870. The van der Waals surface area contributed by atoms with Gasteiger partial charge in [0.1, 0.15) is 0 Å². The summed E-state index contributed by atoms with van der Waals surface area (Å²) >= 11 is 0. The zero-order valence-corrected chi connectivity index (χ0v) is 15.4. The summed E-state index contributed by atoms with van der Waals surface area (Å²) in [6.07, 6.45) is 2.10. The fourth-order valence-corrected chi connectivity index (χ4v) is 3.35. The van der Waals surface area contributed by atoms with Crippen LogP contribution in [0.1, 0.15) is 11.1 Å². The first-order valence-electron chi connectivity index (χ1n) is 8.92. The van der Waals surface area contributed by atoms with Crippen molar-refractivity contribution in [1.29, 1.82) is 0 Å². The van der Waals surface area contributed by atoms with E-state index < -0.39 is 0 Å². The summed E-state index contributed by atoms with van der Waals surface area (Å²) in [6.45, 7) is 4.09. The molecule has 0 spiro atoms. The lowest BCUT2D eigenvalue weighted by Gasteiger charge is -2.14. The maximum absolute atomic E-state index is 12.5. The standard InChI is InChI=1S/C23H21N3O/c1-16-8-7-9-18(14-16)24-23(27)25-20-11-4-6-13-22(20)26-15-17(2)19-10-3-5-12-21(19)26/h3-15H,1-2H3,(H2,24,25,27). The van der Waals surface area contributed by atoms with Crippen LogP contribution < -0.4 is 10.6 Å². The van der Waals surface area contributed by atoms with Crippen LogP contribution in [0.3, 0.4) is 0 Å². The molecular formula is C23H21N3O. The van der Waals surface area contributed by atoms with Crippen LogP contribution >= 0.6 is 0 Å². The number of urea groups is 1. The molecule has 2 N–H and O–H groups in total. The van der Waals surface area contributed by atoms with Crippen molar-refractivity contribution in [3.63, 3.8) is 0 Å². The maximum atomic E-state index is 12.5. The van der Waals surface area contributed by atoms with E-state index in [1.807, 2.05) is 67.6 Å². The lowest BCUT2D eigenvalue weighted by molar-refractivity contribution is 0.262. The third-order valence-electron chi connectivity index (χ3n) is 4.60. The van der Waals surface area contributed by atoms with Gasteiger partial charge in [-0.05, 0) is 55.3 Å². The van der Waals surface area contributed by atoms with Crippen molar-refractivity contribution in [2.24, 2.45) is 0 Å². The summed E-state index contributed by atoms with van der Waals surface area (Å²) in [5.74, 6) is 0. The van der Waals surface area contributed by atoms with Crippen LogP contribution in [0.2, 0.25) is 0 Å². The predicted molar refractivity (Wildman–Crippen MR) is 112 cm³/mol. The minimum atomic E-state index is -0.263. The van der Waals surface area contributed by atoms with E-state index in [2.05, 4.69) is 40.5 Å². The molecule has 4 aromatic rings. The highest BCUT2D eigenvalue weighted by Gasteiger charge is 2.12. The molecule has 4 nitrogen and oxygen atoms in total. The first-order valence-corrected chi connectivity index (χ1v) is 8.92. The summed E-state index contributed by atoms with van der Waals surface area (Å²) in [7, 11) is 0. The predicted octanol–water partition coefficient (Wildman–Crippen LogP) is 5.89. The molecule has 0 saturated carbocycles. The third kappa shape index (κ3) is 3.42. The van der Waals surface area contributed by atoms with Gasteiger partial charge in [-0.15, -0.1) is 0 Å². The van der Waals surface area contributed by atoms with Gasteiger partial charge < -0.3 is 15.2 Å². The lowest BCUT2D eigenvalue weighted by Crippen LogP contribution is -2.20. The highest BCUT2D eigenvalue weighted by Crippen LogP contribution is 2.28. The Morgan fingerprint density at radius 3 is 2.48 bits per heavy atom. The molecule has 0 saturated heterocycles. The number of aryl methyl sites for hydroxylation is 2. The Kier molecular flexibility index (Phi) is 4.38. The minimum Gasteiger partial charge on any atom is -0.314 e. The second-order valence-corrected chi connectivity index (χ2v) is 6.67. The van der Waals surface area contributed by atoms with Crippen LogP contribution in [0, 0.1) is 13.8 Å². The van der Waals surface area contributed by atoms with Crippen LogP contribution in [-0.2, 0) is 0 Å². The van der Waals surface area contributed by atoms with Gasteiger partial charge in [-0.3, -0.25) is 0 Å². The van der Waals surface area contributed by atoms with Crippen molar-refractivity contribution in [2.75, 3.05) is 10.6 Å². The third-order valence-corrected chi connectivity index (χ3v) is 4.60. The summed E-state index contributed by atoms with van der Waals surface area (Å²) < 4.78 is 2.12. The first kappa shape index (κ1) is 16.9. The van der Waals surface area contributed by atoms with E-state index in [9.17, 15) is 4.79 Å². The Morgan fingerprint density at radius 2 is 1.63 bits per heavy atom. The maximum Gasteiger partial charge on any atom is 0.323 e. The molecule has 4 rings (SSSR count). The zero-order valence-electron chi connectivity index (χ0n) is 15.4. The number of rotatable bonds is 3. The molecule has 1 heterocycles. The summed E-state index contributed by atoms with van der Waals surface area (Å²) in [6, 6.07) is 23.6. The molecule has 27 heavy (non-hydrogen) atoms. The number of benzene rings is 3. The molecule has 0 bridgehead atoms. The fourth-order valence-electron chi connectivity index (χ4n) is 3.35. The van der Waals surface area contributed by atoms with Crippen molar-refractivity contribution < 1.29 is 4.79 Å². The van der Waals surface area contributed by atoms with Crippen LogP contribution in [-0.4, -0.2) is 10.6 Å². The molecule has 134 valence electrons. The molecule has 3 aromatic carbocycles. The van der Waals surface area contributed by atoms with Gasteiger partial charge in [0.15, 0.2) is 0 Å². The van der Waals surface area contributed by atoms with Gasteiger partial charge in [0.2, 0.25) is 0 Å². The Labute approximate surface area is 158 Å². The minimum absolute atomic E-state index is 0.263. The van der Waals surface area contributed by atoms with E-state index in [1.165, 1.54) is 10.9 Å². The molecular weight excluding hydrogens is 334 g/mol. The number of fused-ring (bicyclic) bond motifs is 1. The van der Waals surface area contributed by atoms with Gasteiger partial charge in [-0.2, -0.15) is 0 Å². The van der Waals surface area contributed by atoms with E-state index >= 15 is 0 Å². The van der Waals surface area contributed by atoms with Crippen LogP contribution in [0.25, 0.3) is 16.6 Å². The molecule has 4 heteroatoms. The summed E-state index contributed by atoms with van der Waals surface area (Å²) in [4.78, 5) is 12.5. The van der Waals surface area contributed by atoms with Crippen LogP contribution in [0.15, 0.2) is 79.0 Å². The van der Waals surface area contributed by atoms with Crippen molar-refractivity contribution in [3.8, 4) is 5.69 Å². The quantitative estimate of drug-likeness (QED) is 0.473. The van der Waals surface area contributed by atoms with Gasteiger partial charge in [-0.1, -0.05) is 42.5 Å². The Morgan fingerprint density at radius 1 is 0.852 bits per heavy atom. The number of nitrogens with one attached hydrogen (secondary N) is 2. The number of hydrogen-bond donors (Lipinski definition) is 2. The Balaban J connectivity index is 1.66. The van der Waals surface area contributed by atoms with E-state index in [1.54, 1.807) is 0 Å². The zero-order chi connectivity index (χ0) is 18.8. The topological polar surface area (TPSA) is 46.1 Å². The monoisotopic (exact) mass is 355 g/mol. The van der Waals surface area contributed by atoms with E-state index in [-0.39, 0.29) is 6.03 Å². The molecule has 0 fully saturated rings. The van der Waals surface area contributed by atoms with Gasteiger partial charge in [0.05, 0.1) is 16.9 Å². The average molecular weight is 355 g/mol. The number of aromatic nitrogens is 1. The van der Waals surface area contributed by atoms with E-state index in [0.717, 1.165) is 28.1 Å².